The van der Waals surface area contributed by atoms with Gasteiger partial charge in [0.05, 0.1) is 12.2 Å². The third-order valence-corrected chi connectivity index (χ3v) is 2.51. The Labute approximate surface area is 95.2 Å². The average molecular weight is 227 g/mol. The van der Waals surface area contributed by atoms with Crippen LogP contribution in [0.4, 0.5) is 0 Å². The topological polar surface area (TPSA) is 26.3 Å². The fourth-order valence-corrected chi connectivity index (χ4v) is 1.92. The quantitative estimate of drug-likeness (QED) is 0.584. The number of alkyl halides is 1. The predicted octanol–water partition coefficient (Wildman–Crippen LogP) is 3.22. The van der Waals surface area contributed by atoms with E-state index in [0.717, 1.165) is 16.7 Å². The summed E-state index contributed by atoms with van der Waals surface area (Å²) in [5.41, 5.74) is 3.53. The monoisotopic (exact) mass is 226 g/mol. The molecule has 0 saturated carbocycles. The van der Waals surface area contributed by atoms with Gasteiger partial charge >= 0.3 is 5.97 Å². The maximum atomic E-state index is 11.6. The largest absolute Gasteiger partial charge is 0.462 e. The highest BCUT2D eigenvalue weighted by molar-refractivity contribution is 6.17. The van der Waals surface area contributed by atoms with E-state index >= 15 is 0 Å². The van der Waals surface area contributed by atoms with Crippen molar-refractivity contribution in [3.63, 3.8) is 0 Å². The minimum atomic E-state index is -0.292. The molecule has 0 amide bonds. The van der Waals surface area contributed by atoms with Crippen molar-refractivity contribution in [2.75, 3.05) is 6.61 Å². The highest BCUT2D eigenvalue weighted by atomic mass is 35.5. The second kappa shape index (κ2) is 5.17. The van der Waals surface area contributed by atoms with E-state index in [4.69, 9.17) is 16.3 Å². The molecule has 0 atom stereocenters. The van der Waals surface area contributed by atoms with Gasteiger partial charge in [0, 0.05) is 5.88 Å². The molecule has 0 unspecified atom stereocenters. The zero-order valence-corrected chi connectivity index (χ0v) is 10.0. The van der Waals surface area contributed by atoms with Crippen LogP contribution in [0.2, 0.25) is 0 Å². The lowest BCUT2D eigenvalue weighted by Crippen LogP contribution is -2.09. The second-order valence-corrected chi connectivity index (χ2v) is 3.73. The highest BCUT2D eigenvalue weighted by Gasteiger charge is 2.14. The number of carbonyl (C=O) groups is 1. The van der Waals surface area contributed by atoms with Crippen molar-refractivity contribution >= 4 is 17.6 Å². The fourth-order valence-electron chi connectivity index (χ4n) is 1.57. The highest BCUT2D eigenvalue weighted by Crippen LogP contribution is 2.20. The van der Waals surface area contributed by atoms with Crippen LogP contribution in [0.1, 0.15) is 34.0 Å². The van der Waals surface area contributed by atoms with E-state index in [2.05, 4.69) is 0 Å². The first-order valence-corrected chi connectivity index (χ1v) is 5.46. The van der Waals surface area contributed by atoms with E-state index in [0.29, 0.717) is 18.1 Å². The van der Waals surface area contributed by atoms with Crippen LogP contribution in [0.25, 0.3) is 0 Å². The molecule has 0 aliphatic carbocycles. The minimum absolute atomic E-state index is 0.292. The summed E-state index contributed by atoms with van der Waals surface area (Å²) in [6, 6.07) is 3.84. The molecular weight excluding hydrogens is 212 g/mol. The number of hydrogen-bond donors (Lipinski definition) is 0. The van der Waals surface area contributed by atoms with Gasteiger partial charge in [-0.3, -0.25) is 0 Å². The van der Waals surface area contributed by atoms with Crippen LogP contribution in [0, 0.1) is 13.8 Å². The Morgan fingerprint density at radius 2 is 2.07 bits per heavy atom. The Balaban J connectivity index is 3.20. The lowest BCUT2D eigenvalue weighted by atomic mass is 10.0. The van der Waals surface area contributed by atoms with Crippen molar-refractivity contribution in [1.82, 2.24) is 0 Å². The maximum Gasteiger partial charge on any atom is 0.338 e. The summed E-state index contributed by atoms with van der Waals surface area (Å²) in [7, 11) is 0. The van der Waals surface area contributed by atoms with Crippen molar-refractivity contribution in [3.05, 3.63) is 34.4 Å². The van der Waals surface area contributed by atoms with Gasteiger partial charge in [-0.25, -0.2) is 4.79 Å². The van der Waals surface area contributed by atoms with Gasteiger partial charge < -0.3 is 4.74 Å². The van der Waals surface area contributed by atoms with Crippen LogP contribution < -0.4 is 0 Å². The van der Waals surface area contributed by atoms with Gasteiger partial charge in [0.2, 0.25) is 0 Å². The molecule has 1 aromatic rings. The van der Waals surface area contributed by atoms with Gasteiger partial charge in [-0.05, 0) is 43.5 Å². The number of esters is 1. The Morgan fingerprint density at radius 3 is 2.60 bits per heavy atom. The lowest BCUT2D eigenvalue weighted by molar-refractivity contribution is 0.0525. The molecule has 1 aromatic carbocycles. The van der Waals surface area contributed by atoms with Crippen LogP contribution in [0.3, 0.4) is 0 Å². The molecule has 0 spiro atoms. The lowest BCUT2D eigenvalue weighted by Gasteiger charge is -2.10. The maximum absolute atomic E-state index is 11.6. The number of benzene rings is 1. The molecule has 3 heteroatoms. The number of hydrogen-bond acceptors (Lipinski definition) is 2. The van der Waals surface area contributed by atoms with Crippen molar-refractivity contribution in [3.8, 4) is 0 Å². The van der Waals surface area contributed by atoms with Crippen LogP contribution in [0.5, 0.6) is 0 Å². The molecule has 0 aromatic heterocycles. The Kier molecular flexibility index (Phi) is 4.15. The van der Waals surface area contributed by atoms with Crippen LogP contribution in [0.15, 0.2) is 12.1 Å². The first-order chi connectivity index (χ1) is 7.10. The molecule has 0 saturated heterocycles. The molecule has 0 bridgehead atoms. The summed E-state index contributed by atoms with van der Waals surface area (Å²) >= 11 is 5.83. The summed E-state index contributed by atoms with van der Waals surface area (Å²) < 4.78 is 4.98. The summed E-state index contributed by atoms with van der Waals surface area (Å²) in [5.74, 6) is 0.0419. The molecular formula is C12H15ClO2. The number of ether oxygens (including phenoxy) is 1. The number of aryl methyl sites for hydroxylation is 2. The normalized spacial score (nSPS) is 10.1. The van der Waals surface area contributed by atoms with Gasteiger partial charge in [-0.15, -0.1) is 11.6 Å². The van der Waals surface area contributed by atoms with Gasteiger partial charge in [-0.2, -0.15) is 0 Å². The number of carbonyl (C=O) groups excluding carboxylic acids is 1. The molecule has 0 heterocycles. The molecule has 0 aliphatic rings. The van der Waals surface area contributed by atoms with E-state index in [1.165, 1.54) is 0 Å². The first kappa shape index (κ1) is 12.1. The summed E-state index contributed by atoms with van der Waals surface area (Å²) in [5, 5.41) is 0. The molecule has 15 heavy (non-hydrogen) atoms. The van der Waals surface area contributed by atoms with Crippen molar-refractivity contribution in [2.24, 2.45) is 0 Å². The van der Waals surface area contributed by atoms with E-state index in [1.54, 1.807) is 6.92 Å². The molecule has 2 nitrogen and oxygen atoms in total. The second-order valence-electron chi connectivity index (χ2n) is 3.46. The third-order valence-electron chi connectivity index (χ3n) is 2.25. The van der Waals surface area contributed by atoms with Gasteiger partial charge in [0.1, 0.15) is 0 Å². The van der Waals surface area contributed by atoms with Gasteiger partial charge in [-0.1, -0.05) is 6.07 Å². The predicted molar refractivity (Wildman–Crippen MR) is 61.4 cm³/mol. The Bertz CT molecular complexity index is 372. The van der Waals surface area contributed by atoms with E-state index in [-0.39, 0.29) is 5.97 Å². The van der Waals surface area contributed by atoms with Crippen LogP contribution in [-0.4, -0.2) is 12.6 Å². The van der Waals surface area contributed by atoms with E-state index < -0.39 is 0 Å². The average Bonchev–Trinajstić information content (AvgIpc) is 2.17. The first-order valence-electron chi connectivity index (χ1n) is 4.93. The number of halogens is 1. The van der Waals surface area contributed by atoms with Crippen molar-refractivity contribution < 1.29 is 9.53 Å². The summed E-state index contributed by atoms with van der Waals surface area (Å²) in [6.07, 6.45) is 0. The zero-order valence-electron chi connectivity index (χ0n) is 9.26. The molecule has 0 aliphatic heterocycles. The van der Waals surface area contributed by atoms with E-state index in [9.17, 15) is 4.79 Å². The molecule has 0 radical (unpaired) electrons. The van der Waals surface area contributed by atoms with Gasteiger partial charge in [0.15, 0.2) is 0 Å². The fraction of sp³-hybridized carbons (Fsp3) is 0.417. The SMILES string of the molecule is CCOC(=O)c1cc(C)cc(C)c1CCl. The molecule has 0 N–H and O–H groups in total. The van der Waals surface area contributed by atoms with E-state index in [1.807, 2.05) is 26.0 Å². The molecule has 82 valence electrons. The number of rotatable bonds is 3. The molecule has 1 rings (SSSR count). The van der Waals surface area contributed by atoms with Crippen molar-refractivity contribution in [1.29, 1.82) is 0 Å². The third kappa shape index (κ3) is 2.72. The zero-order chi connectivity index (χ0) is 11.4. The smallest absolute Gasteiger partial charge is 0.338 e. The van der Waals surface area contributed by atoms with Crippen LogP contribution in [-0.2, 0) is 10.6 Å². The summed E-state index contributed by atoms with van der Waals surface area (Å²) in [6.45, 7) is 6.08. The van der Waals surface area contributed by atoms with Crippen molar-refractivity contribution in [2.45, 2.75) is 26.7 Å². The Hall–Kier alpha value is -1.02. The van der Waals surface area contributed by atoms with Crippen LogP contribution >= 0.6 is 11.6 Å². The summed E-state index contributed by atoms with van der Waals surface area (Å²) in [4.78, 5) is 11.6. The standard InChI is InChI=1S/C12H15ClO2/c1-4-15-12(14)10-6-8(2)5-9(3)11(10)7-13/h5-6H,4,7H2,1-3H3. The van der Waals surface area contributed by atoms with Gasteiger partial charge in [0.25, 0.3) is 0 Å². The Morgan fingerprint density at radius 1 is 1.40 bits per heavy atom. The molecule has 0 fully saturated rings. The minimum Gasteiger partial charge on any atom is -0.462 e.